The molecule has 0 radical (unpaired) electrons. The van der Waals surface area contributed by atoms with E-state index >= 15 is 0 Å². The Morgan fingerprint density at radius 1 is 1.55 bits per heavy atom. The predicted molar refractivity (Wildman–Crippen MR) is 80.5 cm³/mol. The fraction of sp³-hybridized carbons (Fsp3) is 0.462. The Kier molecular flexibility index (Phi) is 4.49. The highest BCUT2D eigenvalue weighted by Crippen LogP contribution is 2.30. The normalized spacial score (nSPS) is 17.8. The van der Waals surface area contributed by atoms with Crippen LogP contribution in [0.1, 0.15) is 16.8 Å². The van der Waals surface area contributed by atoms with Crippen LogP contribution in [0.2, 0.25) is 0 Å². The van der Waals surface area contributed by atoms with Crippen molar-refractivity contribution in [3.8, 4) is 0 Å². The molecule has 1 unspecified atom stereocenters. The first-order chi connectivity index (χ1) is 9.56. The fourth-order valence-electron chi connectivity index (χ4n) is 2.30. The maximum Gasteiger partial charge on any atom is 0.305 e. The zero-order valence-electron chi connectivity index (χ0n) is 11.5. The summed E-state index contributed by atoms with van der Waals surface area (Å²) < 4.78 is 0. The van der Waals surface area contributed by atoms with Crippen LogP contribution in [0.15, 0.2) is 18.2 Å². The zero-order valence-corrected chi connectivity index (χ0v) is 12.3. The van der Waals surface area contributed by atoms with Gasteiger partial charge in [-0.25, -0.2) is 0 Å². The van der Waals surface area contributed by atoms with Crippen LogP contribution >= 0.6 is 11.8 Å². The van der Waals surface area contributed by atoms with E-state index in [2.05, 4.69) is 5.32 Å². The van der Waals surface area contributed by atoms with Gasteiger partial charge in [-0.1, -0.05) is 6.07 Å². The van der Waals surface area contributed by atoms with Crippen LogP contribution in [-0.4, -0.2) is 47.4 Å². The van der Waals surface area contributed by atoms with E-state index in [0.717, 1.165) is 17.9 Å². The lowest BCUT2D eigenvalue weighted by Gasteiger charge is -2.23. The Bertz CT molecular complexity index is 530. The van der Waals surface area contributed by atoms with E-state index in [4.69, 9.17) is 0 Å². The van der Waals surface area contributed by atoms with Crippen molar-refractivity contribution >= 4 is 29.0 Å². The topological polar surface area (TPSA) is 75.5 Å². The molecule has 0 saturated carbocycles. The van der Waals surface area contributed by atoms with Gasteiger partial charge in [0.2, 0.25) is 0 Å². The van der Waals surface area contributed by atoms with Gasteiger partial charge < -0.3 is 10.2 Å². The molecule has 1 N–H and O–H groups in total. The van der Waals surface area contributed by atoms with Gasteiger partial charge in [-0.05, 0) is 24.3 Å². The average molecular weight is 295 g/mol. The van der Waals surface area contributed by atoms with Crippen molar-refractivity contribution in [2.75, 3.05) is 30.9 Å². The second kappa shape index (κ2) is 6.13. The minimum Gasteiger partial charge on any atom is -0.383 e. The number of benzene rings is 1. The highest BCUT2D eigenvalue weighted by atomic mass is 32.2. The second-order valence-electron chi connectivity index (χ2n) is 4.64. The van der Waals surface area contributed by atoms with Crippen molar-refractivity contribution in [3.63, 3.8) is 0 Å². The number of hydrogen-bond donors (Lipinski definition) is 1. The quantitative estimate of drug-likeness (QED) is 0.681. The van der Waals surface area contributed by atoms with E-state index in [1.54, 1.807) is 42.9 Å². The van der Waals surface area contributed by atoms with Crippen LogP contribution < -0.4 is 5.32 Å². The SMILES string of the molecule is CNc1cccc(C(=O)N(C)C2CCSC2)c1[N+](=O)[O-]. The summed E-state index contributed by atoms with van der Waals surface area (Å²) in [5, 5.41) is 14.0. The van der Waals surface area contributed by atoms with E-state index in [9.17, 15) is 14.9 Å². The summed E-state index contributed by atoms with van der Waals surface area (Å²) in [5.74, 6) is 1.63. The summed E-state index contributed by atoms with van der Waals surface area (Å²) in [5.41, 5.74) is 0.341. The van der Waals surface area contributed by atoms with Crippen LogP contribution in [0, 0.1) is 10.1 Å². The molecular weight excluding hydrogens is 278 g/mol. The average Bonchev–Trinajstić information content (AvgIpc) is 2.98. The van der Waals surface area contributed by atoms with Gasteiger partial charge in [-0.3, -0.25) is 14.9 Å². The Morgan fingerprint density at radius 2 is 2.30 bits per heavy atom. The van der Waals surface area contributed by atoms with Crippen LogP contribution in [0.4, 0.5) is 11.4 Å². The molecular formula is C13H17N3O3S. The van der Waals surface area contributed by atoms with E-state index in [1.807, 2.05) is 0 Å². The van der Waals surface area contributed by atoms with Gasteiger partial charge in [0, 0.05) is 25.9 Å². The lowest BCUT2D eigenvalue weighted by molar-refractivity contribution is -0.384. The Labute approximate surface area is 121 Å². The minimum absolute atomic E-state index is 0.140. The second-order valence-corrected chi connectivity index (χ2v) is 5.79. The molecule has 1 aromatic carbocycles. The van der Waals surface area contributed by atoms with Crippen molar-refractivity contribution in [1.82, 2.24) is 4.90 Å². The molecule has 1 aromatic rings. The van der Waals surface area contributed by atoms with Gasteiger partial charge >= 0.3 is 5.69 Å². The molecule has 1 fully saturated rings. The van der Waals surface area contributed by atoms with E-state index in [-0.39, 0.29) is 23.2 Å². The van der Waals surface area contributed by atoms with E-state index < -0.39 is 4.92 Å². The number of nitro groups is 1. The number of amides is 1. The van der Waals surface area contributed by atoms with Crippen molar-refractivity contribution in [2.45, 2.75) is 12.5 Å². The number of hydrogen-bond acceptors (Lipinski definition) is 5. The molecule has 1 aliphatic rings. The molecule has 108 valence electrons. The molecule has 1 saturated heterocycles. The standard InChI is InChI=1S/C13H17N3O3S/c1-14-11-5-3-4-10(12(11)16(18)19)13(17)15(2)9-6-7-20-8-9/h3-5,9,14H,6-8H2,1-2H3. The summed E-state index contributed by atoms with van der Waals surface area (Å²) in [4.78, 5) is 24.9. The van der Waals surface area contributed by atoms with Crippen molar-refractivity contribution in [1.29, 1.82) is 0 Å². The van der Waals surface area contributed by atoms with Crippen molar-refractivity contribution in [2.24, 2.45) is 0 Å². The summed E-state index contributed by atoms with van der Waals surface area (Å²) >= 11 is 1.80. The summed E-state index contributed by atoms with van der Waals surface area (Å²) in [7, 11) is 3.32. The monoisotopic (exact) mass is 295 g/mol. The smallest absolute Gasteiger partial charge is 0.305 e. The lowest BCUT2D eigenvalue weighted by atomic mass is 10.1. The Hall–Kier alpha value is -1.76. The largest absolute Gasteiger partial charge is 0.383 e. The first kappa shape index (κ1) is 14.6. The first-order valence-electron chi connectivity index (χ1n) is 6.36. The van der Waals surface area contributed by atoms with Crippen molar-refractivity contribution < 1.29 is 9.72 Å². The fourth-order valence-corrected chi connectivity index (χ4v) is 3.57. The molecule has 0 spiro atoms. The Balaban J connectivity index is 2.36. The third kappa shape index (κ3) is 2.72. The maximum absolute atomic E-state index is 12.5. The number of anilines is 1. The van der Waals surface area contributed by atoms with Gasteiger partial charge in [-0.2, -0.15) is 11.8 Å². The van der Waals surface area contributed by atoms with Gasteiger partial charge in [0.1, 0.15) is 11.3 Å². The molecule has 6 nitrogen and oxygen atoms in total. The number of thioether (sulfide) groups is 1. The number of nitrogens with one attached hydrogen (secondary N) is 1. The zero-order chi connectivity index (χ0) is 14.7. The summed E-state index contributed by atoms with van der Waals surface area (Å²) in [6, 6.07) is 4.93. The number of nitro benzene ring substituents is 1. The van der Waals surface area contributed by atoms with Crippen LogP contribution in [0.3, 0.4) is 0 Å². The molecule has 7 heteroatoms. The number of para-hydroxylation sites is 1. The van der Waals surface area contributed by atoms with E-state index in [0.29, 0.717) is 5.69 Å². The maximum atomic E-state index is 12.5. The molecule has 1 aliphatic heterocycles. The van der Waals surface area contributed by atoms with Crippen LogP contribution in [0.5, 0.6) is 0 Å². The highest BCUT2D eigenvalue weighted by Gasteiger charge is 2.30. The molecule has 1 heterocycles. The minimum atomic E-state index is -0.504. The van der Waals surface area contributed by atoms with Crippen LogP contribution in [-0.2, 0) is 0 Å². The number of nitrogens with zero attached hydrogens (tertiary/aromatic N) is 2. The number of carbonyl (C=O) groups excluding carboxylic acids is 1. The molecule has 20 heavy (non-hydrogen) atoms. The molecule has 1 atom stereocenters. The molecule has 0 aliphatic carbocycles. The number of rotatable bonds is 4. The van der Waals surface area contributed by atoms with Crippen LogP contribution in [0.25, 0.3) is 0 Å². The summed E-state index contributed by atoms with van der Waals surface area (Å²) in [6.45, 7) is 0. The van der Waals surface area contributed by atoms with E-state index in [1.165, 1.54) is 6.07 Å². The number of carbonyl (C=O) groups is 1. The molecule has 0 aromatic heterocycles. The lowest BCUT2D eigenvalue weighted by Crippen LogP contribution is -2.37. The molecule has 2 rings (SSSR count). The summed E-state index contributed by atoms with van der Waals surface area (Å²) in [6.07, 6.45) is 0.937. The van der Waals surface area contributed by atoms with Gasteiger partial charge in [0.25, 0.3) is 5.91 Å². The molecule has 0 bridgehead atoms. The van der Waals surface area contributed by atoms with Gasteiger partial charge in [-0.15, -0.1) is 0 Å². The first-order valence-corrected chi connectivity index (χ1v) is 7.51. The highest BCUT2D eigenvalue weighted by molar-refractivity contribution is 7.99. The van der Waals surface area contributed by atoms with Crippen molar-refractivity contribution in [3.05, 3.63) is 33.9 Å². The third-order valence-electron chi connectivity index (χ3n) is 3.49. The Morgan fingerprint density at radius 3 is 2.85 bits per heavy atom. The molecule has 1 amide bonds. The van der Waals surface area contributed by atoms with Gasteiger partial charge in [0.05, 0.1) is 4.92 Å². The van der Waals surface area contributed by atoms with Gasteiger partial charge in [0.15, 0.2) is 0 Å². The predicted octanol–water partition coefficient (Wildman–Crippen LogP) is 2.21. The third-order valence-corrected chi connectivity index (χ3v) is 4.64.